The lowest BCUT2D eigenvalue weighted by atomic mass is 9.98. The van der Waals surface area contributed by atoms with Crippen molar-refractivity contribution in [3.8, 4) is 5.75 Å². The molecule has 1 aromatic rings. The Bertz CT molecular complexity index is 468. The summed E-state index contributed by atoms with van der Waals surface area (Å²) in [6.45, 7) is 0.951. The maximum absolute atomic E-state index is 5.48. The summed E-state index contributed by atoms with van der Waals surface area (Å²) in [7, 11) is 3.99. The van der Waals surface area contributed by atoms with E-state index < -0.39 is 0 Å². The van der Waals surface area contributed by atoms with Crippen LogP contribution in [0, 0.1) is 0 Å². The highest BCUT2D eigenvalue weighted by Crippen LogP contribution is 2.31. The second-order valence-electron chi connectivity index (χ2n) is 6.13. The summed E-state index contributed by atoms with van der Waals surface area (Å²) >= 11 is 3.56. The van der Waals surface area contributed by atoms with E-state index in [2.05, 4.69) is 39.3 Å². The third kappa shape index (κ3) is 3.02. The van der Waals surface area contributed by atoms with Gasteiger partial charge in [-0.15, -0.1) is 0 Å². The molecule has 1 N–H and O–H groups in total. The van der Waals surface area contributed by atoms with Gasteiger partial charge < -0.3 is 10.1 Å². The molecule has 20 heavy (non-hydrogen) atoms. The molecule has 3 rings (SSSR count). The lowest BCUT2D eigenvalue weighted by molar-refractivity contribution is 0.164. The van der Waals surface area contributed by atoms with Crippen molar-refractivity contribution in [3.05, 3.63) is 28.2 Å². The van der Waals surface area contributed by atoms with Gasteiger partial charge in [-0.1, -0.05) is 15.9 Å². The van der Waals surface area contributed by atoms with Crippen LogP contribution in [0.25, 0.3) is 0 Å². The molecule has 2 heterocycles. The first-order valence-corrected chi connectivity index (χ1v) is 8.23. The van der Waals surface area contributed by atoms with E-state index in [1.807, 2.05) is 12.1 Å². The Morgan fingerprint density at radius 3 is 2.65 bits per heavy atom. The van der Waals surface area contributed by atoms with Crippen LogP contribution < -0.4 is 10.1 Å². The fourth-order valence-electron chi connectivity index (χ4n) is 3.66. The monoisotopic (exact) mass is 338 g/mol. The average Bonchev–Trinajstić information content (AvgIpc) is 2.77. The Kier molecular flexibility index (Phi) is 4.34. The second kappa shape index (κ2) is 6.04. The molecular weight excluding hydrogens is 316 g/mol. The van der Waals surface area contributed by atoms with Crippen molar-refractivity contribution in [1.29, 1.82) is 0 Å². The van der Waals surface area contributed by atoms with Crippen LogP contribution in [0.15, 0.2) is 22.7 Å². The van der Waals surface area contributed by atoms with Gasteiger partial charge >= 0.3 is 0 Å². The number of rotatable bonds is 4. The second-order valence-corrected chi connectivity index (χ2v) is 7.05. The number of methoxy groups -OCH3 is 1. The molecule has 1 aromatic carbocycles. The van der Waals surface area contributed by atoms with Crippen molar-refractivity contribution in [2.24, 2.45) is 0 Å². The van der Waals surface area contributed by atoms with E-state index in [-0.39, 0.29) is 0 Å². The maximum atomic E-state index is 5.48. The zero-order valence-electron chi connectivity index (χ0n) is 12.2. The zero-order valence-corrected chi connectivity index (χ0v) is 13.8. The Balaban J connectivity index is 1.69. The summed E-state index contributed by atoms with van der Waals surface area (Å²) in [6, 6.07) is 8.42. The van der Waals surface area contributed by atoms with Gasteiger partial charge in [0.15, 0.2) is 0 Å². The predicted molar refractivity (Wildman–Crippen MR) is 85.1 cm³/mol. The first kappa shape index (κ1) is 14.4. The number of nitrogens with one attached hydrogen (secondary N) is 1. The molecule has 2 bridgehead atoms. The van der Waals surface area contributed by atoms with Crippen molar-refractivity contribution in [2.45, 2.75) is 50.4 Å². The topological polar surface area (TPSA) is 24.5 Å². The highest BCUT2D eigenvalue weighted by atomic mass is 79.9. The summed E-state index contributed by atoms with van der Waals surface area (Å²) in [5.41, 5.74) is 1.26. The highest BCUT2D eigenvalue weighted by molar-refractivity contribution is 9.10. The molecule has 110 valence electrons. The molecule has 0 spiro atoms. The molecule has 2 saturated heterocycles. The number of hydrogen-bond donors (Lipinski definition) is 1. The van der Waals surface area contributed by atoms with Crippen LogP contribution in [0.5, 0.6) is 5.75 Å². The molecule has 0 amide bonds. The molecule has 2 unspecified atom stereocenters. The zero-order chi connectivity index (χ0) is 14.1. The number of halogens is 1. The van der Waals surface area contributed by atoms with E-state index >= 15 is 0 Å². The van der Waals surface area contributed by atoms with Crippen molar-refractivity contribution in [1.82, 2.24) is 10.2 Å². The number of piperidine rings is 1. The van der Waals surface area contributed by atoms with Gasteiger partial charge in [0, 0.05) is 34.7 Å². The number of nitrogens with zero attached hydrogens (tertiary/aromatic N) is 1. The van der Waals surface area contributed by atoms with E-state index in [4.69, 9.17) is 4.74 Å². The minimum atomic E-state index is 0.692. The molecule has 0 saturated carbocycles. The SMILES string of the molecule is COc1ccc(Br)cc1CN(C)C1CC2CCC(C1)N2. The first-order chi connectivity index (χ1) is 9.65. The van der Waals surface area contributed by atoms with Gasteiger partial charge in [0.2, 0.25) is 0 Å². The molecule has 0 aromatic heterocycles. The van der Waals surface area contributed by atoms with Gasteiger partial charge in [-0.2, -0.15) is 0 Å². The molecule has 2 aliphatic heterocycles. The Hall–Kier alpha value is -0.580. The van der Waals surface area contributed by atoms with E-state index in [0.717, 1.165) is 28.9 Å². The number of ether oxygens (including phenoxy) is 1. The van der Waals surface area contributed by atoms with Crippen molar-refractivity contribution < 1.29 is 4.74 Å². The van der Waals surface area contributed by atoms with Gasteiger partial charge in [0.25, 0.3) is 0 Å². The molecule has 4 heteroatoms. The van der Waals surface area contributed by atoms with Crippen molar-refractivity contribution in [3.63, 3.8) is 0 Å². The number of fused-ring (bicyclic) bond motifs is 2. The van der Waals surface area contributed by atoms with E-state index in [9.17, 15) is 0 Å². The first-order valence-electron chi connectivity index (χ1n) is 7.44. The van der Waals surface area contributed by atoms with E-state index in [1.54, 1.807) is 7.11 Å². The van der Waals surface area contributed by atoms with E-state index in [0.29, 0.717) is 6.04 Å². The smallest absolute Gasteiger partial charge is 0.123 e. The number of hydrogen-bond acceptors (Lipinski definition) is 3. The molecule has 3 nitrogen and oxygen atoms in total. The minimum Gasteiger partial charge on any atom is -0.496 e. The largest absolute Gasteiger partial charge is 0.496 e. The summed E-state index contributed by atoms with van der Waals surface area (Å²) < 4.78 is 6.60. The van der Waals surface area contributed by atoms with Crippen LogP contribution in [0.2, 0.25) is 0 Å². The fraction of sp³-hybridized carbons (Fsp3) is 0.625. The Labute approximate surface area is 129 Å². The van der Waals surface area contributed by atoms with Gasteiger partial charge in [-0.25, -0.2) is 0 Å². The van der Waals surface area contributed by atoms with Crippen LogP contribution in [-0.2, 0) is 6.54 Å². The quantitative estimate of drug-likeness (QED) is 0.912. The highest BCUT2D eigenvalue weighted by Gasteiger charge is 2.35. The Morgan fingerprint density at radius 1 is 1.30 bits per heavy atom. The van der Waals surface area contributed by atoms with Crippen LogP contribution in [-0.4, -0.2) is 37.2 Å². The van der Waals surface area contributed by atoms with Crippen molar-refractivity contribution >= 4 is 15.9 Å². The van der Waals surface area contributed by atoms with Gasteiger partial charge in [0.05, 0.1) is 7.11 Å². The summed E-state index contributed by atoms with van der Waals surface area (Å²) in [5.74, 6) is 0.983. The number of benzene rings is 1. The summed E-state index contributed by atoms with van der Waals surface area (Å²) in [6.07, 6.45) is 5.27. The molecular formula is C16H23BrN2O. The minimum absolute atomic E-state index is 0.692. The predicted octanol–water partition coefficient (Wildman–Crippen LogP) is 3.17. The third-order valence-corrected chi connectivity index (χ3v) is 5.23. The summed E-state index contributed by atoms with van der Waals surface area (Å²) in [4.78, 5) is 2.50. The molecule has 2 fully saturated rings. The maximum Gasteiger partial charge on any atom is 0.123 e. The molecule has 2 aliphatic rings. The van der Waals surface area contributed by atoms with Crippen LogP contribution >= 0.6 is 15.9 Å². The van der Waals surface area contributed by atoms with Crippen molar-refractivity contribution in [2.75, 3.05) is 14.2 Å². The molecule has 0 aliphatic carbocycles. The Morgan fingerprint density at radius 2 is 2.00 bits per heavy atom. The summed E-state index contributed by atoms with van der Waals surface area (Å²) in [5, 5.41) is 3.71. The lowest BCUT2D eigenvalue weighted by Gasteiger charge is -2.35. The third-order valence-electron chi connectivity index (χ3n) is 4.73. The van der Waals surface area contributed by atoms with Gasteiger partial charge in [0.1, 0.15) is 5.75 Å². The van der Waals surface area contributed by atoms with Crippen LogP contribution in [0.4, 0.5) is 0 Å². The normalized spacial score (nSPS) is 28.9. The standard InChI is InChI=1S/C16H23BrN2O/c1-19(15-8-13-4-5-14(9-15)18-13)10-11-7-12(17)3-6-16(11)20-2/h3,6-7,13-15,18H,4-5,8-10H2,1-2H3. The van der Waals surface area contributed by atoms with Crippen LogP contribution in [0.1, 0.15) is 31.2 Å². The fourth-order valence-corrected chi connectivity index (χ4v) is 4.06. The van der Waals surface area contributed by atoms with E-state index in [1.165, 1.54) is 31.2 Å². The molecule has 0 radical (unpaired) electrons. The lowest BCUT2D eigenvalue weighted by Crippen LogP contribution is -2.46. The van der Waals surface area contributed by atoms with Gasteiger partial charge in [-0.3, -0.25) is 4.90 Å². The average molecular weight is 339 g/mol. The van der Waals surface area contributed by atoms with Crippen LogP contribution in [0.3, 0.4) is 0 Å². The van der Waals surface area contributed by atoms with Gasteiger partial charge in [-0.05, 0) is 50.9 Å². The molecule has 2 atom stereocenters.